The van der Waals surface area contributed by atoms with Gasteiger partial charge in [0, 0.05) is 0 Å². The van der Waals surface area contributed by atoms with Crippen molar-refractivity contribution in [2.75, 3.05) is 0 Å². The number of esters is 1. The maximum absolute atomic E-state index is 12.5. The van der Waals surface area contributed by atoms with E-state index < -0.39 is 47.1 Å². The second-order valence-corrected chi connectivity index (χ2v) is 6.39. The Kier molecular flexibility index (Phi) is 5.80. The molecule has 0 fully saturated rings. The van der Waals surface area contributed by atoms with Crippen molar-refractivity contribution in [3.8, 4) is 0 Å². The summed E-state index contributed by atoms with van der Waals surface area (Å²) in [6.45, 7) is 6.07. The maximum Gasteiger partial charge on any atom is 0.434 e. The minimum Gasteiger partial charge on any atom is -0.480 e. The third-order valence-electron chi connectivity index (χ3n) is 3.53. The normalized spacial score (nSPS) is 16.4. The molecule has 1 atom stereocenters. The lowest BCUT2D eigenvalue weighted by atomic mass is 9.60. The van der Waals surface area contributed by atoms with Crippen molar-refractivity contribution in [1.29, 1.82) is 0 Å². The van der Waals surface area contributed by atoms with Crippen LogP contribution >= 0.6 is 0 Å². The number of rotatable bonds is 4. The summed E-state index contributed by atoms with van der Waals surface area (Å²) in [5.41, 5.74) is -4.08. The van der Waals surface area contributed by atoms with E-state index >= 15 is 0 Å². The van der Waals surface area contributed by atoms with E-state index in [-0.39, 0.29) is 0 Å². The Bertz CT molecular complexity index is 447. The van der Waals surface area contributed by atoms with Crippen LogP contribution in [0.2, 0.25) is 0 Å². The number of hydrogen-bond donors (Lipinski definition) is 1. The molecule has 0 aromatic rings. The van der Waals surface area contributed by atoms with Crippen molar-refractivity contribution in [3.63, 3.8) is 0 Å². The molecule has 0 rings (SSSR count). The van der Waals surface area contributed by atoms with Crippen LogP contribution in [0.5, 0.6) is 0 Å². The molecule has 0 aliphatic carbocycles. The molecule has 0 bridgehead atoms. The van der Waals surface area contributed by atoms with Gasteiger partial charge in [0.05, 0.1) is 0 Å². The number of ether oxygens (including phenoxy) is 1. The van der Waals surface area contributed by atoms with Gasteiger partial charge in [0.1, 0.15) is 0 Å². The number of carboxylic acid groups (broad SMARTS) is 1. The van der Waals surface area contributed by atoms with Crippen LogP contribution in [0.25, 0.3) is 0 Å². The van der Waals surface area contributed by atoms with Crippen LogP contribution in [0.4, 0.5) is 26.3 Å². The molecule has 4 nitrogen and oxygen atoms in total. The standard InChI is InChI=1S/C13H18F6O4/c1-6(2)11(8(20)21,10(3,4)5)9(22)23-7(12(14,15)16)13(17,18)19/h6-7H,1-5H3,(H,20,21). The first-order valence-electron chi connectivity index (χ1n) is 6.48. The molecule has 23 heavy (non-hydrogen) atoms. The molecule has 10 heteroatoms. The zero-order valence-electron chi connectivity index (χ0n) is 13.1. The Labute approximate surface area is 128 Å². The Balaban J connectivity index is 6.07. The van der Waals surface area contributed by atoms with Crippen molar-refractivity contribution < 1.29 is 45.8 Å². The number of carboxylic acids is 1. The monoisotopic (exact) mass is 352 g/mol. The predicted octanol–water partition coefficient (Wildman–Crippen LogP) is 3.80. The second kappa shape index (κ2) is 6.20. The lowest BCUT2D eigenvalue weighted by molar-refractivity contribution is -0.317. The van der Waals surface area contributed by atoms with Gasteiger partial charge in [-0.2, -0.15) is 26.3 Å². The minimum atomic E-state index is -5.91. The van der Waals surface area contributed by atoms with Crippen molar-refractivity contribution in [2.24, 2.45) is 16.7 Å². The van der Waals surface area contributed by atoms with Crippen LogP contribution in [-0.2, 0) is 14.3 Å². The number of aliphatic carboxylic acids is 1. The summed E-state index contributed by atoms with van der Waals surface area (Å²) >= 11 is 0. The molecule has 0 aromatic carbocycles. The first-order valence-corrected chi connectivity index (χ1v) is 6.48. The van der Waals surface area contributed by atoms with Gasteiger partial charge in [0.15, 0.2) is 5.41 Å². The van der Waals surface area contributed by atoms with E-state index in [1.807, 2.05) is 0 Å². The van der Waals surface area contributed by atoms with Gasteiger partial charge in [-0.25, -0.2) is 0 Å². The van der Waals surface area contributed by atoms with Crippen LogP contribution < -0.4 is 0 Å². The van der Waals surface area contributed by atoms with E-state index in [0.29, 0.717) is 0 Å². The summed E-state index contributed by atoms with van der Waals surface area (Å²) < 4.78 is 78.7. The summed E-state index contributed by atoms with van der Waals surface area (Å²) in [5, 5.41) is 9.36. The van der Waals surface area contributed by atoms with Gasteiger partial charge in [-0.05, 0) is 11.3 Å². The fourth-order valence-electron chi connectivity index (χ4n) is 2.58. The third kappa shape index (κ3) is 4.08. The molecule has 0 amide bonds. The molecule has 0 aromatic heterocycles. The number of carbonyl (C=O) groups excluding carboxylic acids is 1. The Morgan fingerprint density at radius 2 is 1.26 bits per heavy atom. The SMILES string of the molecule is CC(C)C(C(=O)O)(C(=O)OC(C(F)(F)F)C(F)(F)F)C(C)(C)C. The van der Waals surface area contributed by atoms with Gasteiger partial charge >= 0.3 is 24.3 Å². The maximum atomic E-state index is 12.5. The van der Waals surface area contributed by atoms with Crippen LogP contribution in [0, 0.1) is 16.7 Å². The van der Waals surface area contributed by atoms with Gasteiger partial charge < -0.3 is 9.84 Å². The molecular formula is C13H18F6O4. The lowest BCUT2D eigenvalue weighted by Crippen LogP contribution is -2.57. The average molecular weight is 352 g/mol. The lowest BCUT2D eigenvalue weighted by Gasteiger charge is -2.42. The molecule has 1 N–H and O–H groups in total. The number of alkyl halides is 6. The molecule has 0 aliphatic rings. The zero-order valence-corrected chi connectivity index (χ0v) is 13.1. The Hall–Kier alpha value is -1.48. The van der Waals surface area contributed by atoms with Crippen molar-refractivity contribution in [1.82, 2.24) is 0 Å². The molecule has 136 valence electrons. The molecule has 0 spiro atoms. The highest BCUT2D eigenvalue weighted by Crippen LogP contribution is 2.48. The van der Waals surface area contributed by atoms with Crippen LogP contribution in [0.3, 0.4) is 0 Å². The highest BCUT2D eigenvalue weighted by molar-refractivity contribution is 6.00. The third-order valence-corrected chi connectivity index (χ3v) is 3.53. The van der Waals surface area contributed by atoms with Gasteiger partial charge in [0.25, 0.3) is 6.10 Å². The number of hydrogen-bond acceptors (Lipinski definition) is 3. The van der Waals surface area contributed by atoms with Gasteiger partial charge in [-0.1, -0.05) is 34.6 Å². The average Bonchev–Trinajstić information content (AvgIpc) is 2.19. The number of carbonyl (C=O) groups is 2. The summed E-state index contributed by atoms with van der Waals surface area (Å²) in [4.78, 5) is 23.7. The summed E-state index contributed by atoms with van der Waals surface area (Å²) in [7, 11) is 0. The van der Waals surface area contributed by atoms with Gasteiger partial charge in [0.2, 0.25) is 0 Å². The van der Waals surface area contributed by atoms with Crippen LogP contribution in [0.15, 0.2) is 0 Å². The van der Waals surface area contributed by atoms with E-state index in [1.165, 1.54) is 34.6 Å². The number of halogens is 6. The highest BCUT2D eigenvalue weighted by atomic mass is 19.4. The van der Waals surface area contributed by atoms with Crippen molar-refractivity contribution >= 4 is 11.9 Å². The summed E-state index contributed by atoms with van der Waals surface area (Å²) in [5.74, 6) is -5.05. The summed E-state index contributed by atoms with van der Waals surface area (Å²) in [6, 6.07) is 0. The zero-order chi connectivity index (χ0) is 19.0. The first-order chi connectivity index (χ1) is 9.90. The Morgan fingerprint density at radius 3 is 1.43 bits per heavy atom. The quantitative estimate of drug-likeness (QED) is 0.475. The predicted molar refractivity (Wildman–Crippen MR) is 66.4 cm³/mol. The van der Waals surface area contributed by atoms with E-state index in [2.05, 4.69) is 4.74 Å². The van der Waals surface area contributed by atoms with Gasteiger partial charge in [-0.3, -0.25) is 9.59 Å². The molecule has 0 heterocycles. The van der Waals surface area contributed by atoms with Crippen LogP contribution in [-0.4, -0.2) is 35.5 Å². The largest absolute Gasteiger partial charge is 0.480 e. The molecule has 1 unspecified atom stereocenters. The van der Waals surface area contributed by atoms with E-state index in [9.17, 15) is 41.0 Å². The molecule has 0 saturated carbocycles. The fourth-order valence-corrected chi connectivity index (χ4v) is 2.58. The topological polar surface area (TPSA) is 63.6 Å². The van der Waals surface area contributed by atoms with Gasteiger partial charge in [-0.15, -0.1) is 0 Å². The van der Waals surface area contributed by atoms with Crippen LogP contribution in [0.1, 0.15) is 34.6 Å². The van der Waals surface area contributed by atoms with Crippen molar-refractivity contribution in [3.05, 3.63) is 0 Å². The smallest absolute Gasteiger partial charge is 0.434 e. The molecular weight excluding hydrogens is 334 g/mol. The van der Waals surface area contributed by atoms with E-state index in [4.69, 9.17) is 0 Å². The molecule has 0 radical (unpaired) electrons. The van der Waals surface area contributed by atoms with E-state index in [0.717, 1.165) is 0 Å². The Morgan fingerprint density at radius 1 is 0.913 bits per heavy atom. The highest BCUT2D eigenvalue weighted by Gasteiger charge is 2.65. The molecule has 0 saturated heterocycles. The fraction of sp³-hybridized carbons (Fsp3) is 0.846. The first kappa shape index (κ1) is 21.5. The van der Waals surface area contributed by atoms with E-state index in [1.54, 1.807) is 0 Å². The summed E-state index contributed by atoms with van der Waals surface area (Å²) in [6.07, 6.45) is -16.2. The van der Waals surface area contributed by atoms with Crippen molar-refractivity contribution in [2.45, 2.75) is 53.1 Å². The second-order valence-electron chi connectivity index (χ2n) is 6.39. The minimum absolute atomic E-state index is 1.12. The molecule has 0 aliphatic heterocycles.